The molecule has 1 atom stereocenters. The minimum Gasteiger partial charge on any atom is -0.496 e. The predicted molar refractivity (Wildman–Crippen MR) is 112 cm³/mol. The Labute approximate surface area is 176 Å². The van der Waals surface area contributed by atoms with E-state index >= 15 is 0 Å². The van der Waals surface area contributed by atoms with Crippen LogP contribution in [0.5, 0.6) is 5.75 Å². The van der Waals surface area contributed by atoms with Gasteiger partial charge in [-0.25, -0.2) is 9.50 Å². The predicted octanol–water partition coefficient (Wildman–Crippen LogP) is 2.89. The van der Waals surface area contributed by atoms with Crippen LogP contribution in [0, 0.1) is 0 Å². The summed E-state index contributed by atoms with van der Waals surface area (Å²) in [4.78, 5) is 17.2. The molecule has 0 radical (unpaired) electrons. The minimum absolute atomic E-state index is 0.221. The lowest BCUT2D eigenvalue weighted by atomic mass is 10.1. The molecule has 0 bridgehead atoms. The smallest absolute Gasteiger partial charge is 0.261 e. The average molecular weight is 427 g/mol. The molecule has 154 valence electrons. The largest absolute Gasteiger partial charge is 0.496 e. The van der Waals surface area contributed by atoms with Gasteiger partial charge in [0.25, 0.3) is 5.91 Å². The van der Waals surface area contributed by atoms with Gasteiger partial charge in [0.05, 0.1) is 43.5 Å². The number of amides is 1. The quantitative estimate of drug-likeness (QED) is 0.491. The molecule has 2 N–H and O–H groups in total. The average Bonchev–Trinajstić information content (AvgIpc) is 3.31. The highest BCUT2D eigenvalue weighted by molar-refractivity contribution is 6.31. The second kappa shape index (κ2) is 8.13. The molecule has 10 heteroatoms. The first-order chi connectivity index (χ1) is 14.5. The van der Waals surface area contributed by atoms with E-state index in [1.807, 2.05) is 0 Å². The number of aliphatic hydroxyl groups excluding tert-OH is 1. The van der Waals surface area contributed by atoms with Crippen LogP contribution < -0.4 is 10.1 Å². The fraction of sp³-hybridized carbons (Fsp3) is 0.200. The molecule has 0 aliphatic heterocycles. The zero-order valence-electron chi connectivity index (χ0n) is 16.3. The molecule has 1 amide bonds. The van der Waals surface area contributed by atoms with Gasteiger partial charge < -0.3 is 15.2 Å². The highest BCUT2D eigenvalue weighted by Crippen LogP contribution is 2.37. The lowest BCUT2D eigenvalue weighted by Gasteiger charge is -2.15. The van der Waals surface area contributed by atoms with E-state index in [2.05, 4.69) is 20.5 Å². The summed E-state index contributed by atoms with van der Waals surface area (Å²) in [5, 5.41) is 21.8. The first-order valence-electron chi connectivity index (χ1n) is 9.15. The van der Waals surface area contributed by atoms with Crippen molar-refractivity contribution in [1.29, 1.82) is 0 Å². The molecule has 3 heterocycles. The van der Waals surface area contributed by atoms with Crippen LogP contribution in [0.2, 0.25) is 5.02 Å². The summed E-state index contributed by atoms with van der Waals surface area (Å²) in [5.74, 6) is 0.169. The van der Waals surface area contributed by atoms with Crippen LogP contribution in [-0.2, 0) is 6.54 Å². The number of methoxy groups -OCH3 is 1. The maximum Gasteiger partial charge on any atom is 0.261 e. The summed E-state index contributed by atoms with van der Waals surface area (Å²) in [6, 6.07) is 6.90. The Morgan fingerprint density at radius 3 is 2.93 bits per heavy atom. The first kappa shape index (κ1) is 19.9. The summed E-state index contributed by atoms with van der Waals surface area (Å²) in [6.07, 6.45) is 5.63. The number of nitrogens with zero attached hydrogens (tertiary/aromatic N) is 5. The number of benzene rings is 1. The van der Waals surface area contributed by atoms with Crippen molar-refractivity contribution >= 4 is 28.8 Å². The van der Waals surface area contributed by atoms with Gasteiger partial charge >= 0.3 is 0 Å². The molecule has 0 saturated carbocycles. The van der Waals surface area contributed by atoms with E-state index in [1.54, 1.807) is 55.4 Å². The van der Waals surface area contributed by atoms with Gasteiger partial charge in [0.15, 0.2) is 5.65 Å². The van der Waals surface area contributed by atoms with Crippen molar-refractivity contribution in [2.75, 3.05) is 12.4 Å². The molecule has 0 saturated heterocycles. The van der Waals surface area contributed by atoms with Crippen molar-refractivity contribution in [2.45, 2.75) is 19.6 Å². The second-order valence-electron chi connectivity index (χ2n) is 6.68. The molecular formula is C20H19ClN6O3. The molecule has 4 aromatic rings. The lowest BCUT2D eigenvalue weighted by Crippen LogP contribution is -2.16. The maximum atomic E-state index is 13.0. The van der Waals surface area contributed by atoms with E-state index < -0.39 is 6.10 Å². The Balaban J connectivity index is 1.78. The zero-order chi connectivity index (χ0) is 21.3. The number of aromatic nitrogens is 5. The molecule has 1 aromatic carbocycles. The van der Waals surface area contributed by atoms with Crippen molar-refractivity contribution in [3.63, 3.8) is 0 Å². The number of nitrogens with one attached hydrogen (secondary N) is 1. The molecule has 0 spiro atoms. The summed E-state index contributed by atoms with van der Waals surface area (Å²) in [6.45, 7) is 1.88. The van der Waals surface area contributed by atoms with E-state index in [1.165, 1.54) is 16.9 Å². The van der Waals surface area contributed by atoms with Gasteiger partial charge in [-0.2, -0.15) is 10.2 Å². The molecule has 0 fully saturated rings. The third-order valence-electron chi connectivity index (χ3n) is 4.47. The maximum absolute atomic E-state index is 13.0. The van der Waals surface area contributed by atoms with E-state index in [9.17, 15) is 9.90 Å². The van der Waals surface area contributed by atoms with E-state index in [-0.39, 0.29) is 12.5 Å². The van der Waals surface area contributed by atoms with Crippen LogP contribution in [0.15, 0.2) is 49.1 Å². The van der Waals surface area contributed by atoms with E-state index in [0.29, 0.717) is 38.9 Å². The summed E-state index contributed by atoms with van der Waals surface area (Å²) < 4.78 is 8.60. The summed E-state index contributed by atoms with van der Waals surface area (Å²) in [5.41, 5.74) is 2.40. The molecule has 0 aliphatic carbocycles. The van der Waals surface area contributed by atoms with Gasteiger partial charge in [0.1, 0.15) is 11.3 Å². The molecule has 9 nitrogen and oxygen atoms in total. The third-order valence-corrected chi connectivity index (χ3v) is 4.70. The molecule has 3 aromatic heterocycles. The standard InChI is InChI=1S/C20H19ClN6O3/c1-12(28)11-27-18(14-8-13(21)4-5-17(14)30-2)16(10-24-27)25-20(29)15-9-23-26-7-3-6-22-19(15)26/h3-10,12,28H,11H2,1-2H3,(H,25,29)/t12-/m1/s1. The molecule has 30 heavy (non-hydrogen) atoms. The number of hydrogen-bond donors (Lipinski definition) is 2. The Kier molecular flexibility index (Phi) is 5.39. The van der Waals surface area contributed by atoms with Crippen LogP contribution in [-0.4, -0.2) is 48.6 Å². The van der Waals surface area contributed by atoms with Gasteiger partial charge in [-0.1, -0.05) is 11.6 Å². The van der Waals surface area contributed by atoms with Crippen LogP contribution in [0.1, 0.15) is 17.3 Å². The highest BCUT2D eigenvalue weighted by Gasteiger charge is 2.22. The number of anilines is 1. The first-order valence-corrected chi connectivity index (χ1v) is 9.53. The van der Waals surface area contributed by atoms with Gasteiger partial charge in [-0.15, -0.1) is 0 Å². The number of ether oxygens (including phenoxy) is 1. The normalized spacial score (nSPS) is 12.1. The molecule has 4 rings (SSSR count). The number of halogens is 1. The minimum atomic E-state index is -0.652. The monoisotopic (exact) mass is 426 g/mol. The van der Waals surface area contributed by atoms with E-state index in [0.717, 1.165) is 0 Å². The van der Waals surface area contributed by atoms with Gasteiger partial charge in [-0.3, -0.25) is 9.48 Å². The van der Waals surface area contributed by atoms with Crippen LogP contribution >= 0.6 is 11.6 Å². The SMILES string of the molecule is COc1ccc(Cl)cc1-c1c(NC(=O)c2cnn3cccnc23)cnn1C[C@@H](C)O. The zero-order valence-corrected chi connectivity index (χ0v) is 17.0. The van der Waals surface area contributed by atoms with Crippen molar-refractivity contribution in [1.82, 2.24) is 24.4 Å². The Morgan fingerprint density at radius 2 is 2.17 bits per heavy atom. The molecule has 0 aliphatic rings. The van der Waals surface area contributed by atoms with Crippen molar-refractivity contribution in [2.24, 2.45) is 0 Å². The number of carbonyl (C=O) groups is 1. The van der Waals surface area contributed by atoms with Crippen molar-refractivity contribution < 1.29 is 14.6 Å². The van der Waals surface area contributed by atoms with Gasteiger partial charge in [0.2, 0.25) is 0 Å². The topological polar surface area (TPSA) is 107 Å². The summed E-state index contributed by atoms with van der Waals surface area (Å²) >= 11 is 6.21. The van der Waals surface area contributed by atoms with Crippen molar-refractivity contribution in [3.8, 4) is 17.0 Å². The number of hydrogen-bond acceptors (Lipinski definition) is 6. The number of rotatable bonds is 6. The van der Waals surface area contributed by atoms with Crippen LogP contribution in [0.25, 0.3) is 16.9 Å². The lowest BCUT2D eigenvalue weighted by molar-refractivity contribution is 0.102. The Bertz CT molecular complexity index is 1220. The van der Waals surface area contributed by atoms with E-state index in [4.69, 9.17) is 16.3 Å². The number of carbonyl (C=O) groups excluding carboxylic acids is 1. The number of fused-ring (bicyclic) bond motifs is 1. The van der Waals surface area contributed by atoms with Crippen LogP contribution in [0.4, 0.5) is 5.69 Å². The van der Waals surface area contributed by atoms with Gasteiger partial charge in [-0.05, 0) is 31.2 Å². The fourth-order valence-corrected chi connectivity index (χ4v) is 3.36. The highest BCUT2D eigenvalue weighted by atomic mass is 35.5. The van der Waals surface area contributed by atoms with Crippen LogP contribution in [0.3, 0.4) is 0 Å². The molecule has 0 unspecified atom stereocenters. The fourth-order valence-electron chi connectivity index (χ4n) is 3.19. The van der Waals surface area contributed by atoms with Crippen molar-refractivity contribution in [3.05, 3.63) is 59.6 Å². The molecular weight excluding hydrogens is 408 g/mol. The van der Waals surface area contributed by atoms with Gasteiger partial charge in [0, 0.05) is 23.0 Å². The second-order valence-corrected chi connectivity index (χ2v) is 7.12. The Hall–Kier alpha value is -3.43. The number of aliphatic hydroxyl groups is 1. The third kappa shape index (κ3) is 3.72. The Morgan fingerprint density at radius 1 is 1.33 bits per heavy atom. The summed E-state index contributed by atoms with van der Waals surface area (Å²) in [7, 11) is 1.55.